The van der Waals surface area contributed by atoms with Gasteiger partial charge in [0.15, 0.2) is 0 Å². The predicted octanol–water partition coefficient (Wildman–Crippen LogP) is 8.59. The van der Waals surface area contributed by atoms with Crippen LogP contribution in [0.15, 0.2) is 82.6 Å². The van der Waals surface area contributed by atoms with Crippen molar-refractivity contribution < 1.29 is 51.5 Å². The number of rotatable bonds is 9. The number of halogens is 6. The summed E-state index contributed by atoms with van der Waals surface area (Å²) in [5, 5.41) is 0. The first kappa shape index (κ1) is 35.8. The first-order valence-electron chi connectivity index (χ1n) is 13.9. The van der Waals surface area contributed by atoms with Crippen molar-refractivity contribution in [3.05, 3.63) is 117 Å². The zero-order valence-corrected chi connectivity index (χ0v) is 27.6. The predicted molar refractivity (Wildman–Crippen MR) is 163 cm³/mol. The summed E-state index contributed by atoms with van der Waals surface area (Å²) in [6.07, 6.45) is -6.18. The summed E-state index contributed by atoms with van der Waals surface area (Å²) in [6.45, 7) is 7.47. The molecule has 0 saturated heterocycles. The van der Waals surface area contributed by atoms with Gasteiger partial charge in [-0.1, -0.05) is 36.4 Å². The summed E-state index contributed by atoms with van der Waals surface area (Å²) in [5.74, 6) is -6.14. The first-order chi connectivity index (χ1) is 21.5. The van der Waals surface area contributed by atoms with E-state index in [-0.39, 0.29) is 32.0 Å². The van der Waals surface area contributed by atoms with E-state index in [2.05, 4.69) is 0 Å². The molecule has 1 atom stereocenters. The first-order valence-corrected chi connectivity index (χ1v) is 16.7. The topological polar surface area (TPSA) is 86.7 Å². The average molecular weight is 701 g/mol. The van der Waals surface area contributed by atoms with Crippen LogP contribution in [0.1, 0.15) is 44.5 Å². The lowest BCUT2D eigenvalue weighted by Gasteiger charge is -2.36. The summed E-state index contributed by atoms with van der Waals surface area (Å²) in [7, 11) is -8.98. The van der Waals surface area contributed by atoms with Crippen molar-refractivity contribution >= 4 is 20.2 Å². The SMILES string of the molecule is Cc1ccccc1S(=O)(=O)Oc1c(C)cc(C(F)(F)C(F)(c2cc(C)c(OS(=O)(=O)c3ccccc3C)c(C)c2)C(F)(F)F)cc1C. The van der Waals surface area contributed by atoms with E-state index in [1.807, 2.05) is 0 Å². The van der Waals surface area contributed by atoms with E-state index in [1.165, 1.54) is 50.2 Å². The maximum absolute atomic E-state index is 16.4. The van der Waals surface area contributed by atoms with Crippen LogP contribution in [-0.4, -0.2) is 23.0 Å². The standard InChI is InChI=1S/C33H30F6O6S2/c1-19-11-7-9-13-27(19)46(40,41)44-29-21(3)15-25(16-22(29)4)31(34,33(37,38)39)32(35,36)26-17-23(5)30(24(6)18-26)45-47(42,43)28-14-10-8-12-20(28)2/h7-18H,1-6H3. The van der Waals surface area contributed by atoms with Crippen LogP contribution in [-0.2, 0) is 31.8 Å². The Balaban J connectivity index is 1.79. The number of alkyl halides is 6. The summed E-state index contributed by atoms with van der Waals surface area (Å²) in [4.78, 5) is -0.438. The molecule has 0 aliphatic heterocycles. The Morgan fingerprint density at radius 1 is 0.489 bits per heavy atom. The number of hydrogen-bond acceptors (Lipinski definition) is 6. The van der Waals surface area contributed by atoms with Crippen molar-refractivity contribution in [1.82, 2.24) is 0 Å². The van der Waals surface area contributed by atoms with Gasteiger partial charge >= 0.3 is 32.3 Å². The molecule has 4 rings (SSSR count). The highest BCUT2D eigenvalue weighted by molar-refractivity contribution is 7.87. The van der Waals surface area contributed by atoms with Crippen LogP contribution in [0.4, 0.5) is 26.3 Å². The molecule has 6 nitrogen and oxygen atoms in total. The molecule has 0 bridgehead atoms. The van der Waals surface area contributed by atoms with Crippen molar-refractivity contribution in [2.75, 3.05) is 0 Å². The Hall–Kier alpha value is -4.04. The molecule has 1 unspecified atom stereocenters. The van der Waals surface area contributed by atoms with Crippen molar-refractivity contribution in [3.63, 3.8) is 0 Å². The molecule has 252 valence electrons. The third-order valence-electron chi connectivity index (χ3n) is 7.62. The largest absolute Gasteiger partial charge is 0.433 e. The lowest BCUT2D eigenvalue weighted by Crippen LogP contribution is -2.51. The quantitative estimate of drug-likeness (QED) is 0.128. The lowest BCUT2D eigenvalue weighted by atomic mass is 9.82. The Morgan fingerprint density at radius 2 is 0.809 bits per heavy atom. The Bertz CT molecular complexity index is 2030. The van der Waals surface area contributed by atoms with Gasteiger partial charge in [-0.2, -0.15) is 38.8 Å². The summed E-state index contributed by atoms with van der Waals surface area (Å²) in [6, 6.07) is 13.5. The molecule has 0 amide bonds. The van der Waals surface area contributed by atoms with Crippen LogP contribution in [0.3, 0.4) is 0 Å². The molecule has 0 saturated carbocycles. The van der Waals surface area contributed by atoms with E-state index in [1.54, 1.807) is 12.1 Å². The smallest absolute Gasteiger partial charge is 0.378 e. The third kappa shape index (κ3) is 6.45. The fourth-order valence-electron chi connectivity index (χ4n) is 5.25. The number of hydrogen-bond donors (Lipinski definition) is 0. The number of aryl methyl sites for hydroxylation is 6. The molecular formula is C33H30F6O6S2. The van der Waals surface area contributed by atoms with Crippen LogP contribution >= 0.6 is 0 Å². The van der Waals surface area contributed by atoms with Crippen LogP contribution in [0.5, 0.6) is 11.5 Å². The lowest BCUT2D eigenvalue weighted by molar-refractivity contribution is -0.314. The maximum atomic E-state index is 16.4. The van der Waals surface area contributed by atoms with Crippen molar-refractivity contribution in [2.45, 2.75) is 69.1 Å². The minimum Gasteiger partial charge on any atom is -0.378 e. The molecule has 4 aromatic carbocycles. The molecule has 0 aromatic heterocycles. The Kier molecular flexibility index (Phi) is 9.30. The van der Waals surface area contributed by atoms with Crippen molar-refractivity contribution in [3.8, 4) is 11.5 Å². The van der Waals surface area contributed by atoms with Gasteiger partial charge in [-0.15, -0.1) is 0 Å². The zero-order valence-electron chi connectivity index (χ0n) is 26.0. The molecule has 0 aliphatic rings. The van der Waals surface area contributed by atoms with Gasteiger partial charge in [0.05, 0.1) is 0 Å². The van der Waals surface area contributed by atoms with Gasteiger partial charge in [0.25, 0.3) is 5.67 Å². The van der Waals surface area contributed by atoms with E-state index in [0.717, 1.165) is 27.7 Å². The van der Waals surface area contributed by atoms with Gasteiger partial charge in [-0.25, -0.2) is 4.39 Å². The Morgan fingerprint density at radius 3 is 1.13 bits per heavy atom. The molecule has 4 aromatic rings. The molecule has 0 radical (unpaired) electrons. The van der Waals surface area contributed by atoms with Crippen molar-refractivity contribution in [2.24, 2.45) is 0 Å². The highest BCUT2D eigenvalue weighted by Gasteiger charge is 2.72. The van der Waals surface area contributed by atoms with E-state index in [4.69, 9.17) is 8.37 Å². The van der Waals surface area contributed by atoms with Gasteiger partial charge in [-0.3, -0.25) is 0 Å². The van der Waals surface area contributed by atoms with Gasteiger partial charge in [0, 0.05) is 11.1 Å². The molecule has 0 fully saturated rings. The van der Waals surface area contributed by atoms with Crippen molar-refractivity contribution in [1.29, 1.82) is 0 Å². The van der Waals surface area contributed by atoms with Gasteiger partial charge in [0.1, 0.15) is 21.3 Å². The molecule has 0 spiro atoms. The minimum absolute atomic E-state index is 0.210. The molecule has 0 heterocycles. The van der Waals surface area contributed by atoms with Gasteiger partial charge in [-0.05, 0) is 111 Å². The fraction of sp³-hybridized carbons (Fsp3) is 0.273. The van der Waals surface area contributed by atoms with E-state index >= 15 is 13.2 Å². The molecule has 14 heteroatoms. The summed E-state index contributed by atoms with van der Waals surface area (Å²) < 4.78 is 154. The van der Waals surface area contributed by atoms with Crippen LogP contribution in [0, 0.1) is 41.5 Å². The minimum atomic E-state index is -6.18. The van der Waals surface area contributed by atoms with Crippen LogP contribution < -0.4 is 8.37 Å². The van der Waals surface area contributed by atoms with Crippen LogP contribution in [0.2, 0.25) is 0 Å². The Labute approximate surface area is 269 Å². The molecule has 0 N–H and O–H groups in total. The highest BCUT2D eigenvalue weighted by Crippen LogP contribution is 2.58. The second-order valence-corrected chi connectivity index (χ2v) is 14.2. The number of benzene rings is 4. The van der Waals surface area contributed by atoms with Crippen LogP contribution in [0.25, 0.3) is 0 Å². The molecular weight excluding hydrogens is 670 g/mol. The van der Waals surface area contributed by atoms with Gasteiger partial charge < -0.3 is 8.37 Å². The van der Waals surface area contributed by atoms with E-state index in [9.17, 15) is 30.0 Å². The highest BCUT2D eigenvalue weighted by atomic mass is 32.2. The van der Waals surface area contributed by atoms with E-state index < -0.39 is 60.6 Å². The fourth-order valence-corrected chi connectivity index (χ4v) is 7.81. The normalized spacial score (nSPS) is 14.0. The monoisotopic (exact) mass is 700 g/mol. The zero-order chi connectivity index (χ0) is 35.3. The maximum Gasteiger partial charge on any atom is 0.433 e. The third-order valence-corrected chi connectivity index (χ3v) is 10.4. The summed E-state index contributed by atoms with van der Waals surface area (Å²) >= 11 is 0. The second kappa shape index (κ2) is 12.2. The second-order valence-electron chi connectivity index (χ2n) is 11.2. The molecule has 47 heavy (non-hydrogen) atoms. The average Bonchev–Trinajstić information content (AvgIpc) is 2.95. The van der Waals surface area contributed by atoms with Gasteiger partial charge in [0.2, 0.25) is 0 Å². The summed E-state index contributed by atoms with van der Waals surface area (Å²) in [5.41, 5.74) is -8.86. The molecule has 0 aliphatic carbocycles. The van der Waals surface area contributed by atoms with E-state index in [0.29, 0.717) is 35.4 Å².